The molecular weight excluding hydrogens is 358 g/mol. The van der Waals surface area contributed by atoms with Crippen LogP contribution < -0.4 is 5.32 Å². The molecule has 1 aromatic rings. The third kappa shape index (κ3) is 4.82. The van der Waals surface area contributed by atoms with Gasteiger partial charge in [-0.3, -0.25) is 4.79 Å². The minimum atomic E-state index is -3.47. The largest absolute Gasteiger partial charge is 0.480 e. The van der Waals surface area contributed by atoms with Gasteiger partial charge in [-0.1, -0.05) is 25.7 Å². The van der Waals surface area contributed by atoms with E-state index >= 15 is 0 Å². The number of hydrogen-bond acceptors (Lipinski definition) is 5. The number of carbonyl (C=O) groups is 2. The van der Waals surface area contributed by atoms with Gasteiger partial charge in [0.25, 0.3) is 5.91 Å². The average Bonchev–Trinajstić information content (AvgIpc) is 2.86. The van der Waals surface area contributed by atoms with Gasteiger partial charge in [-0.2, -0.15) is 0 Å². The number of aliphatic carboxylic acids is 1. The summed E-state index contributed by atoms with van der Waals surface area (Å²) in [5.74, 6) is -1.67. The van der Waals surface area contributed by atoms with Crippen LogP contribution in [0.15, 0.2) is 29.2 Å². The highest BCUT2D eigenvalue weighted by molar-refractivity contribution is 7.91. The van der Waals surface area contributed by atoms with Crippen LogP contribution >= 0.6 is 0 Å². The number of methoxy groups -OCH3 is 1. The molecule has 144 valence electrons. The van der Waals surface area contributed by atoms with Crippen LogP contribution in [0.5, 0.6) is 0 Å². The van der Waals surface area contributed by atoms with Gasteiger partial charge in [-0.25, -0.2) is 13.2 Å². The van der Waals surface area contributed by atoms with E-state index in [1.54, 1.807) is 0 Å². The highest BCUT2D eigenvalue weighted by atomic mass is 32.2. The molecule has 2 N–H and O–H groups in total. The summed E-state index contributed by atoms with van der Waals surface area (Å²) in [6, 6.07) is 5.53. The maximum absolute atomic E-state index is 12.5. The summed E-state index contributed by atoms with van der Waals surface area (Å²) in [6.45, 7) is 0.0890. The maximum Gasteiger partial charge on any atom is 0.329 e. The summed E-state index contributed by atoms with van der Waals surface area (Å²) >= 11 is 0. The molecule has 1 aliphatic rings. The molecule has 0 bridgehead atoms. The Bertz CT molecular complexity index is 733. The standard InChI is InChI=1S/C18H25NO6S/c1-25-12-13-26(23,24)15-8-6-14(7-9-15)16(20)19-18(17(21)22)10-4-2-3-5-11-18/h6-9H,2-5,10-13H2,1H3,(H,19,20)(H,21,22). The SMILES string of the molecule is COCCS(=O)(=O)c1ccc(C(=O)NC2(C(=O)O)CCCCCC2)cc1. The van der Waals surface area contributed by atoms with E-state index in [0.29, 0.717) is 12.8 Å². The first kappa shape index (κ1) is 20.4. The van der Waals surface area contributed by atoms with Crippen molar-refractivity contribution in [2.45, 2.75) is 49.0 Å². The number of hydrogen-bond donors (Lipinski definition) is 2. The molecule has 2 rings (SSSR count). The number of carboxylic acid groups (broad SMARTS) is 1. The maximum atomic E-state index is 12.5. The summed E-state index contributed by atoms with van der Waals surface area (Å²) in [6.07, 6.45) is 4.22. The molecule has 7 nitrogen and oxygen atoms in total. The van der Waals surface area contributed by atoms with Crippen molar-refractivity contribution in [3.8, 4) is 0 Å². The molecule has 0 aliphatic heterocycles. The highest BCUT2D eigenvalue weighted by Crippen LogP contribution is 2.28. The van der Waals surface area contributed by atoms with Gasteiger partial charge >= 0.3 is 5.97 Å². The Hall–Kier alpha value is -1.93. The Morgan fingerprint density at radius 2 is 1.69 bits per heavy atom. The van der Waals surface area contributed by atoms with E-state index in [1.807, 2.05) is 0 Å². The average molecular weight is 383 g/mol. The lowest BCUT2D eigenvalue weighted by molar-refractivity contribution is -0.145. The van der Waals surface area contributed by atoms with Crippen LogP contribution in [-0.2, 0) is 19.4 Å². The Labute approximate surface area is 153 Å². The quantitative estimate of drug-likeness (QED) is 0.697. The third-order valence-electron chi connectivity index (χ3n) is 4.75. The van der Waals surface area contributed by atoms with E-state index in [2.05, 4.69) is 5.32 Å². The zero-order valence-corrected chi connectivity index (χ0v) is 15.7. The van der Waals surface area contributed by atoms with Gasteiger partial charge in [-0.15, -0.1) is 0 Å². The van der Waals surface area contributed by atoms with Crippen molar-refractivity contribution in [2.24, 2.45) is 0 Å². The number of carboxylic acids is 1. The van der Waals surface area contributed by atoms with E-state index < -0.39 is 27.3 Å². The number of ether oxygens (including phenoxy) is 1. The van der Waals surface area contributed by atoms with Crippen LogP contribution in [0.2, 0.25) is 0 Å². The van der Waals surface area contributed by atoms with Gasteiger partial charge in [-0.05, 0) is 37.1 Å². The summed E-state index contributed by atoms with van der Waals surface area (Å²) < 4.78 is 29.0. The Morgan fingerprint density at radius 3 is 2.19 bits per heavy atom. The van der Waals surface area contributed by atoms with Crippen LogP contribution in [0, 0.1) is 0 Å². The molecule has 26 heavy (non-hydrogen) atoms. The molecular formula is C18H25NO6S. The molecule has 1 amide bonds. The molecule has 0 aromatic heterocycles. The molecule has 0 saturated heterocycles. The topological polar surface area (TPSA) is 110 Å². The lowest BCUT2D eigenvalue weighted by Crippen LogP contribution is -2.54. The first-order chi connectivity index (χ1) is 12.3. The normalized spacial score (nSPS) is 17.3. The van der Waals surface area contributed by atoms with Crippen molar-refractivity contribution in [2.75, 3.05) is 19.5 Å². The molecule has 1 aliphatic carbocycles. The minimum Gasteiger partial charge on any atom is -0.480 e. The lowest BCUT2D eigenvalue weighted by atomic mass is 9.90. The smallest absolute Gasteiger partial charge is 0.329 e. The summed E-state index contributed by atoms with van der Waals surface area (Å²) in [7, 11) is -2.05. The second-order valence-electron chi connectivity index (χ2n) is 6.59. The molecule has 0 atom stereocenters. The molecule has 0 spiro atoms. The van der Waals surface area contributed by atoms with Crippen LogP contribution in [0.3, 0.4) is 0 Å². The van der Waals surface area contributed by atoms with Crippen molar-refractivity contribution < 1.29 is 27.9 Å². The summed E-state index contributed by atoms with van der Waals surface area (Å²) in [5, 5.41) is 12.3. The Balaban J connectivity index is 2.15. The van der Waals surface area contributed by atoms with E-state index in [-0.39, 0.29) is 22.8 Å². The predicted octanol–water partition coefficient (Wildman–Crippen LogP) is 2.01. The van der Waals surface area contributed by atoms with Gasteiger partial charge in [0, 0.05) is 12.7 Å². The van der Waals surface area contributed by atoms with Crippen LogP contribution in [-0.4, -0.2) is 50.4 Å². The fraction of sp³-hybridized carbons (Fsp3) is 0.556. The van der Waals surface area contributed by atoms with Crippen LogP contribution in [0.4, 0.5) is 0 Å². The fourth-order valence-electron chi connectivity index (χ4n) is 3.14. The first-order valence-corrected chi connectivity index (χ1v) is 10.3. The molecule has 1 fully saturated rings. The van der Waals surface area contributed by atoms with E-state index in [1.165, 1.54) is 31.4 Å². The number of sulfone groups is 1. The van der Waals surface area contributed by atoms with Crippen molar-refractivity contribution in [1.29, 1.82) is 0 Å². The highest BCUT2D eigenvalue weighted by Gasteiger charge is 2.40. The number of amides is 1. The van der Waals surface area contributed by atoms with Crippen LogP contribution in [0.1, 0.15) is 48.9 Å². The molecule has 0 heterocycles. The van der Waals surface area contributed by atoms with Gasteiger partial charge in [0.1, 0.15) is 5.54 Å². The summed E-state index contributed by atoms with van der Waals surface area (Å²) in [5.41, 5.74) is -1.02. The van der Waals surface area contributed by atoms with Gasteiger partial charge < -0.3 is 15.2 Å². The van der Waals surface area contributed by atoms with Crippen molar-refractivity contribution in [3.63, 3.8) is 0 Å². The fourth-order valence-corrected chi connectivity index (χ4v) is 4.31. The third-order valence-corrected chi connectivity index (χ3v) is 6.45. The Kier molecular flexibility index (Phi) is 6.77. The second kappa shape index (κ2) is 8.64. The zero-order chi connectivity index (χ0) is 19.2. The lowest BCUT2D eigenvalue weighted by Gasteiger charge is -2.29. The summed E-state index contributed by atoms with van der Waals surface area (Å²) in [4.78, 5) is 24.4. The second-order valence-corrected chi connectivity index (χ2v) is 8.70. The van der Waals surface area contributed by atoms with E-state index in [4.69, 9.17) is 4.74 Å². The molecule has 8 heteroatoms. The van der Waals surface area contributed by atoms with E-state index in [0.717, 1.165) is 25.7 Å². The first-order valence-electron chi connectivity index (χ1n) is 8.68. The number of nitrogens with one attached hydrogen (secondary N) is 1. The molecule has 0 unspecified atom stereocenters. The predicted molar refractivity (Wildman–Crippen MR) is 95.9 cm³/mol. The monoisotopic (exact) mass is 383 g/mol. The molecule has 0 radical (unpaired) electrons. The van der Waals surface area contributed by atoms with E-state index in [9.17, 15) is 23.1 Å². The number of carbonyl (C=O) groups excluding carboxylic acids is 1. The molecule has 1 aromatic carbocycles. The zero-order valence-electron chi connectivity index (χ0n) is 14.9. The van der Waals surface area contributed by atoms with Crippen LogP contribution in [0.25, 0.3) is 0 Å². The van der Waals surface area contributed by atoms with Gasteiger partial charge in [0.15, 0.2) is 9.84 Å². The van der Waals surface area contributed by atoms with Crippen molar-refractivity contribution >= 4 is 21.7 Å². The molecule has 1 saturated carbocycles. The Morgan fingerprint density at radius 1 is 1.12 bits per heavy atom. The minimum absolute atomic E-state index is 0.0890. The number of benzene rings is 1. The van der Waals surface area contributed by atoms with Crippen molar-refractivity contribution in [1.82, 2.24) is 5.32 Å². The van der Waals surface area contributed by atoms with Crippen molar-refractivity contribution in [3.05, 3.63) is 29.8 Å². The number of rotatable bonds is 7. The van der Waals surface area contributed by atoms with Gasteiger partial charge in [0.2, 0.25) is 0 Å². The van der Waals surface area contributed by atoms with Gasteiger partial charge in [0.05, 0.1) is 17.3 Å².